The van der Waals surface area contributed by atoms with E-state index in [4.69, 9.17) is 20.0 Å². The number of nitrogens with zero attached hydrogens (tertiary/aromatic N) is 3. The third-order valence-corrected chi connectivity index (χ3v) is 2.98. The summed E-state index contributed by atoms with van der Waals surface area (Å²) in [5, 5.41) is 21.0. The van der Waals surface area contributed by atoms with Crippen molar-refractivity contribution in [3.63, 3.8) is 0 Å². The van der Waals surface area contributed by atoms with E-state index in [1.807, 2.05) is 49.4 Å². The van der Waals surface area contributed by atoms with Crippen LogP contribution in [0, 0.1) is 22.7 Å². The highest BCUT2D eigenvalue weighted by molar-refractivity contribution is 6.10. The first-order chi connectivity index (χ1) is 11.7. The zero-order chi connectivity index (χ0) is 17.2. The predicted molar refractivity (Wildman–Crippen MR) is 90.7 cm³/mol. The molecule has 2 aromatic carbocycles. The minimum atomic E-state index is -0.231. The summed E-state index contributed by atoms with van der Waals surface area (Å²) in [5.41, 5.74) is 4.05. The van der Waals surface area contributed by atoms with Crippen LogP contribution in [0.15, 0.2) is 53.6 Å². The fourth-order valence-corrected chi connectivity index (χ4v) is 1.89. The minimum Gasteiger partial charge on any atom is -0.494 e. The summed E-state index contributed by atoms with van der Waals surface area (Å²) in [6, 6.07) is 18.2. The van der Waals surface area contributed by atoms with Crippen LogP contribution in [-0.4, -0.2) is 12.3 Å². The molecule has 0 saturated carbocycles. The molecule has 0 radical (unpaired) electrons. The molecule has 0 unspecified atom stereocenters. The van der Waals surface area contributed by atoms with Crippen LogP contribution in [0.5, 0.6) is 11.5 Å². The summed E-state index contributed by atoms with van der Waals surface area (Å²) < 4.78 is 11.1. The van der Waals surface area contributed by atoms with Crippen LogP contribution >= 0.6 is 0 Å². The summed E-state index contributed by atoms with van der Waals surface area (Å²) in [6.45, 7) is 2.95. The number of nitrogens with one attached hydrogen (secondary N) is 1. The summed E-state index contributed by atoms with van der Waals surface area (Å²) in [5.74, 6) is 1.55. The van der Waals surface area contributed by atoms with E-state index in [2.05, 4.69) is 10.5 Å². The van der Waals surface area contributed by atoms with Crippen LogP contribution in [-0.2, 0) is 6.61 Å². The van der Waals surface area contributed by atoms with E-state index < -0.39 is 0 Å². The van der Waals surface area contributed by atoms with Crippen LogP contribution in [0.3, 0.4) is 0 Å². The first kappa shape index (κ1) is 16.9. The molecule has 0 aromatic heterocycles. The average molecular weight is 320 g/mol. The molecule has 24 heavy (non-hydrogen) atoms. The second-order valence-corrected chi connectivity index (χ2v) is 4.69. The zero-order valence-corrected chi connectivity index (χ0v) is 13.2. The molecular weight excluding hydrogens is 304 g/mol. The third-order valence-electron chi connectivity index (χ3n) is 2.98. The number of hydrazone groups is 1. The van der Waals surface area contributed by atoms with E-state index in [-0.39, 0.29) is 5.71 Å². The lowest BCUT2D eigenvalue weighted by atomic mass is 10.2. The Labute approximate surface area is 140 Å². The van der Waals surface area contributed by atoms with Gasteiger partial charge in [-0.2, -0.15) is 15.6 Å². The van der Waals surface area contributed by atoms with Crippen molar-refractivity contribution < 1.29 is 9.47 Å². The number of benzene rings is 2. The van der Waals surface area contributed by atoms with Gasteiger partial charge in [-0.3, -0.25) is 5.43 Å². The van der Waals surface area contributed by atoms with E-state index >= 15 is 0 Å². The Morgan fingerprint density at radius 2 is 1.71 bits per heavy atom. The van der Waals surface area contributed by atoms with Gasteiger partial charge < -0.3 is 9.47 Å². The van der Waals surface area contributed by atoms with E-state index in [1.54, 1.807) is 18.2 Å². The van der Waals surface area contributed by atoms with Crippen LogP contribution in [0.4, 0.5) is 5.69 Å². The second kappa shape index (κ2) is 8.82. The molecule has 6 nitrogen and oxygen atoms in total. The summed E-state index contributed by atoms with van der Waals surface area (Å²) in [4.78, 5) is 0. The summed E-state index contributed by atoms with van der Waals surface area (Å²) in [6.07, 6.45) is 0. The quantitative estimate of drug-likeness (QED) is 0.623. The topological polar surface area (TPSA) is 90.4 Å². The molecule has 1 N–H and O–H groups in total. The van der Waals surface area contributed by atoms with Crippen molar-refractivity contribution >= 4 is 11.4 Å². The molecule has 2 aromatic rings. The van der Waals surface area contributed by atoms with Crippen molar-refractivity contribution in [3.8, 4) is 23.6 Å². The molecule has 0 fully saturated rings. The fourth-order valence-electron chi connectivity index (χ4n) is 1.89. The molecule has 0 amide bonds. The molecule has 0 saturated heterocycles. The maximum atomic E-state index is 8.65. The second-order valence-electron chi connectivity index (χ2n) is 4.69. The molecule has 0 aliphatic heterocycles. The fraction of sp³-hybridized carbons (Fsp3) is 0.167. The normalized spacial score (nSPS) is 9.29. The van der Waals surface area contributed by atoms with Gasteiger partial charge in [-0.15, -0.1) is 0 Å². The van der Waals surface area contributed by atoms with Gasteiger partial charge in [-0.05, 0) is 48.9 Å². The van der Waals surface area contributed by atoms with E-state index in [1.165, 1.54) is 0 Å². The van der Waals surface area contributed by atoms with Crippen molar-refractivity contribution in [1.82, 2.24) is 0 Å². The van der Waals surface area contributed by atoms with Gasteiger partial charge >= 0.3 is 0 Å². The van der Waals surface area contributed by atoms with Crippen LogP contribution < -0.4 is 14.9 Å². The summed E-state index contributed by atoms with van der Waals surface area (Å²) in [7, 11) is 0. The lowest BCUT2D eigenvalue weighted by molar-refractivity contribution is 0.304. The third kappa shape index (κ3) is 5.04. The standard InChI is InChI=1S/C18H16N4O2/c1-2-23-17-6-8-18(9-7-17)24-13-14-4-3-5-15(10-14)21-22-16(11-19)12-20/h3-10,21H,2,13H2,1H3. The lowest BCUT2D eigenvalue weighted by Crippen LogP contribution is -1.99. The number of hydrogen-bond donors (Lipinski definition) is 1. The van der Waals surface area contributed by atoms with Crippen LogP contribution in [0.25, 0.3) is 0 Å². The monoisotopic (exact) mass is 320 g/mol. The molecule has 120 valence electrons. The van der Waals surface area contributed by atoms with Crippen molar-refractivity contribution in [2.24, 2.45) is 5.10 Å². The average Bonchev–Trinajstić information content (AvgIpc) is 2.63. The van der Waals surface area contributed by atoms with Gasteiger partial charge in [0.25, 0.3) is 0 Å². The molecule has 6 heteroatoms. The maximum Gasteiger partial charge on any atom is 0.237 e. The molecular formula is C18H16N4O2. The van der Waals surface area contributed by atoms with Crippen molar-refractivity contribution in [3.05, 3.63) is 54.1 Å². The van der Waals surface area contributed by atoms with Crippen molar-refractivity contribution in [1.29, 1.82) is 10.5 Å². The van der Waals surface area contributed by atoms with Gasteiger partial charge in [0.2, 0.25) is 5.71 Å². The maximum absolute atomic E-state index is 8.65. The van der Waals surface area contributed by atoms with Crippen molar-refractivity contribution in [2.45, 2.75) is 13.5 Å². The van der Waals surface area contributed by atoms with Crippen molar-refractivity contribution in [2.75, 3.05) is 12.0 Å². The molecule has 0 heterocycles. The SMILES string of the molecule is CCOc1ccc(OCc2cccc(NN=C(C#N)C#N)c2)cc1. The first-order valence-electron chi connectivity index (χ1n) is 7.33. The highest BCUT2D eigenvalue weighted by atomic mass is 16.5. The van der Waals surface area contributed by atoms with Gasteiger partial charge in [-0.25, -0.2) is 0 Å². The Hall–Kier alpha value is -3.51. The molecule has 0 atom stereocenters. The molecule has 2 rings (SSSR count). The Balaban J connectivity index is 1.96. The van der Waals surface area contributed by atoms with Gasteiger partial charge in [0.1, 0.15) is 30.2 Å². The lowest BCUT2D eigenvalue weighted by Gasteiger charge is -2.09. The number of rotatable bonds is 7. The number of hydrogen-bond acceptors (Lipinski definition) is 6. The number of nitriles is 2. The van der Waals surface area contributed by atoms with Gasteiger partial charge in [0, 0.05) is 0 Å². The number of ether oxygens (including phenoxy) is 2. The first-order valence-corrected chi connectivity index (χ1v) is 7.33. The van der Waals surface area contributed by atoms with Gasteiger partial charge in [0.15, 0.2) is 0 Å². The Morgan fingerprint density at radius 1 is 1.04 bits per heavy atom. The van der Waals surface area contributed by atoms with Crippen LogP contribution in [0.2, 0.25) is 0 Å². The minimum absolute atomic E-state index is 0.231. The molecule has 0 aliphatic carbocycles. The Kier molecular flexibility index (Phi) is 6.19. The molecule has 0 aliphatic rings. The van der Waals surface area contributed by atoms with E-state index in [0.717, 1.165) is 17.1 Å². The summed E-state index contributed by atoms with van der Waals surface area (Å²) >= 11 is 0. The Morgan fingerprint density at radius 3 is 2.33 bits per heavy atom. The largest absolute Gasteiger partial charge is 0.494 e. The van der Waals surface area contributed by atoms with E-state index in [9.17, 15) is 0 Å². The Bertz CT molecular complexity index is 770. The predicted octanol–water partition coefficient (Wildman–Crippen LogP) is 3.48. The highest BCUT2D eigenvalue weighted by Crippen LogP contribution is 2.19. The van der Waals surface area contributed by atoms with Gasteiger partial charge in [-0.1, -0.05) is 12.1 Å². The molecule has 0 bridgehead atoms. The molecule has 0 spiro atoms. The van der Waals surface area contributed by atoms with Crippen LogP contribution in [0.1, 0.15) is 12.5 Å². The van der Waals surface area contributed by atoms with E-state index in [0.29, 0.717) is 18.9 Å². The highest BCUT2D eigenvalue weighted by Gasteiger charge is 2.00. The number of anilines is 1. The van der Waals surface area contributed by atoms with Gasteiger partial charge in [0.05, 0.1) is 12.3 Å². The smallest absolute Gasteiger partial charge is 0.237 e. The zero-order valence-electron chi connectivity index (χ0n) is 13.2.